The van der Waals surface area contributed by atoms with Crippen LogP contribution in [0.1, 0.15) is 50.2 Å². The van der Waals surface area contributed by atoms with Crippen LogP contribution in [-0.4, -0.2) is 36.2 Å². The predicted octanol–water partition coefficient (Wildman–Crippen LogP) is 4.59. The molecule has 0 aromatic heterocycles. The third-order valence-electron chi connectivity index (χ3n) is 5.29. The summed E-state index contributed by atoms with van der Waals surface area (Å²) in [5.74, 6) is 0.863. The van der Waals surface area contributed by atoms with Crippen LogP contribution in [-0.2, 0) is 5.60 Å². The monoisotopic (exact) mass is 353 g/mol. The normalized spacial score (nSPS) is 17.6. The van der Waals surface area contributed by atoms with Crippen molar-refractivity contribution in [2.45, 2.75) is 44.6 Å². The molecule has 1 heterocycles. The largest absolute Gasteiger partial charge is 0.494 e. The standard InChI is InChI=1S/C23H31NO2/c1-2-19-26-22-13-11-21(12-14-22)23(25,20-9-5-3-6-10-20)15-18-24-16-7-4-8-17-24/h3,5-6,9-14,25H,2,4,7-8,15-19H2,1H3/t23-/m0/s1. The Labute approximate surface area is 157 Å². The number of hydrogen-bond donors (Lipinski definition) is 1. The minimum atomic E-state index is -0.970. The molecule has 3 nitrogen and oxygen atoms in total. The Bertz CT molecular complexity index is 650. The molecule has 1 atom stereocenters. The van der Waals surface area contributed by atoms with E-state index in [1.54, 1.807) is 0 Å². The van der Waals surface area contributed by atoms with Crippen molar-refractivity contribution in [3.63, 3.8) is 0 Å². The minimum Gasteiger partial charge on any atom is -0.494 e. The summed E-state index contributed by atoms with van der Waals surface area (Å²) in [7, 11) is 0. The molecule has 0 radical (unpaired) electrons. The van der Waals surface area contributed by atoms with Crippen LogP contribution in [0.2, 0.25) is 0 Å². The van der Waals surface area contributed by atoms with Crippen molar-refractivity contribution in [2.75, 3.05) is 26.2 Å². The van der Waals surface area contributed by atoms with Gasteiger partial charge in [0.05, 0.1) is 6.61 Å². The maximum absolute atomic E-state index is 11.7. The maximum atomic E-state index is 11.7. The zero-order valence-corrected chi connectivity index (χ0v) is 15.9. The molecule has 0 unspecified atom stereocenters. The first-order chi connectivity index (χ1) is 12.7. The topological polar surface area (TPSA) is 32.7 Å². The van der Waals surface area contributed by atoms with Gasteiger partial charge in [-0.2, -0.15) is 0 Å². The van der Waals surface area contributed by atoms with Gasteiger partial charge in [-0.1, -0.05) is 55.8 Å². The van der Waals surface area contributed by atoms with Crippen molar-refractivity contribution < 1.29 is 9.84 Å². The Kier molecular flexibility index (Phi) is 6.70. The van der Waals surface area contributed by atoms with E-state index in [4.69, 9.17) is 4.74 Å². The van der Waals surface area contributed by atoms with Gasteiger partial charge in [0.1, 0.15) is 11.4 Å². The van der Waals surface area contributed by atoms with Crippen molar-refractivity contribution in [1.82, 2.24) is 4.90 Å². The number of ether oxygens (including phenoxy) is 1. The Morgan fingerprint density at radius 2 is 1.58 bits per heavy atom. The number of aliphatic hydroxyl groups is 1. The lowest BCUT2D eigenvalue weighted by Gasteiger charge is -2.34. The number of nitrogens with zero attached hydrogens (tertiary/aromatic N) is 1. The molecule has 2 aromatic rings. The Hall–Kier alpha value is -1.84. The Morgan fingerprint density at radius 3 is 2.23 bits per heavy atom. The highest BCUT2D eigenvalue weighted by Gasteiger charge is 2.32. The highest BCUT2D eigenvalue weighted by atomic mass is 16.5. The molecule has 2 aromatic carbocycles. The average molecular weight is 354 g/mol. The predicted molar refractivity (Wildman–Crippen MR) is 107 cm³/mol. The number of rotatable bonds is 8. The molecule has 1 fully saturated rings. The maximum Gasteiger partial charge on any atom is 0.119 e. The molecule has 1 N–H and O–H groups in total. The number of hydrogen-bond acceptors (Lipinski definition) is 3. The average Bonchev–Trinajstić information content (AvgIpc) is 2.72. The van der Waals surface area contributed by atoms with Crippen LogP contribution in [0.4, 0.5) is 0 Å². The van der Waals surface area contributed by atoms with Gasteiger partial charge in [0.15, 0.2) is 0 Å². The van der Waals surface area contributed by atoms with Crippen molar-refractivity contribution in [1.29, 1.82) is 0 Å². The highest BCUT2D eigenvalue weighted by molar-refractivity contribution is 5.38. The summed E-state index contributed by atoms with van der Waals surface area (Å²) in [4.78, 5) is 2.48. The molecule has 0 bridgehead atoms. The molecule has 0 aliphatic carbocycles. The second-order valence-corrected chi connectivity index (χ2v) is 7.25. The lowest BCUT2D eigenvalue weighted by Crippen LogP contribution is -2.36. The molecule has 3 rings (SSSR count). The van der Waals surface area contributed by atoms with E-state index in [0.29, 0.717) is 6.42 Å². The van der Waals surface area contributed by atoms with Gasteiger partial charge in [0.2, 0.25) is 0 Å². The third kappa shape index (κ3) is 4.66. The van der Waals surface area contributed by atoms with Crippen molar-refractivity contribution >= 4 is 0 Å². The van der Waals surface area contributed by atoms with Crippen molar-refractivity contribution in [3.8, 4) is 5.75 Å². The van der Waals surface area contributed by atoms with Crippen molar-refractivity contribution in [3.05, 3.63) is 65.7 Å². The molecule has 1 aliphatic rings. The first-order valence-electron chi connectivity index (χ1n) is 9.96. The SMILES string of the molecule is CCCOc1ccc([C@](O)(CCN2CCCCC2)c2ccccc2)cc1. The molecule has 140 valence electrons. The molecular formula is C23H31NO2. The van der Waals surface area contributed by atoms with Crippen LogP contribution in [0.5, 0.6) is 5.75 Å². The van der Waals surface area contributed by atoms with Crippen LogP contribution in [0.25, 0.3) is 0 Å². The molecule has 0 saturated carbocycles. The quantitative estimate of drug-likeness (QED) is 0.753. The number of benzene rings is 2. The van der Waals surface area contributed by atoms with Gasteiger partial charge >= 0.3 is 0 Å². The number of piperidine rings is 1. The van der Waals surface area contributed by atoms with Crippen molar-refractivity contribution in [2.24, 2.45) is 0 Å². The summed E-state index contributed by atoms with van der Waals surface area (Å²) in [5.41, 5.74) is 0.922. The molecular weight excluding hydrogens is 322 g/mol. The summed E-state index contributed by atoms with van der Waals surface area (Å²) in [6, 6.07) is 18.0. The first kappa shape index (κ1) is 18.9. The highest BCUT2D eigenvalue weighted by Crippen LogP contribution is 2.34. The van der Waals surface area contributed by atoms with Crippen LogP contribution in [0, 0.1) is 0 Å². The Morgan fingerprint density at radius 1 is 0.923 bits per heavy atom. The molecule has 3 heteroatoms. The molecule has 26 heavy (non-hydrogen) atoms. The van der Waals surface area contributed by atoms with Gasteiger partial charge in [0.25, 0.3) is 0 Å². The fourth-order valence-corrected chi connectivity index (χ4v) is 3.72. The summed E-state index contributed by atoms with van der Waals surface area (Å²) < 4.78 is 5.69. The van der Waals surface area contributed by atoms with E-state index in [0.717, 1.165) is 49.5 Å². The molecule has 0 spiro atoms. The second-order valence-electron chi connectivity index (χ2n) is 7.25. The minimum absolute atomic E-state index is 0.701. The van der Waals surface area contributed by atoms with E-state index >= 15 is 0 Å². The molecule has 1 aliphatic heterocycles. The van der Waals surface area contributed by atoms with E-state index in [2.05, 4.69) is 11.8 Å². The van der Waals surface area contributed by atoms with Gasteiger partial charge in [0, 0.05) is 6.54 Å². The van der Waals surface area contributed by atoms with Gasteiger partial charge in [-0.25, -0.2) is 0 Å². The lowest BCUT2D eigenvalue weighted by atomic mass is 9.83. The van der Waals surface area contributed by atoms with E-state index in [-0.39, 0.29) is 0 Å². The van der Waals surface area contributed by atoms with E-state index in [9.17, 15) is 5.11 Å². The van der Waals surface area contributed by atoms with Gasteiger partial charge in [-0.15, -0.1) is 0 Å². The van der Waals surface area contributed by atoms with E-state index in [1.807, 2.05) is 54.6 Å². The van der Waals surface area contributed by atoms with Crippen LogP contribution in [0.3, 0.4) is 0 Å². The zero-order valence-electron chi connectivity index (χ0n) is 15.9. The smallest absolute Gasteiger partial charge is 0.119 e. The van der Waals surface area contributed by atoms with Gasteiger partial charge < -0.3 is 14.7 Å². The van der Waals surface area contributed by atoms with E-state index < -0.39 is 5.60 Å². The van der Waals surface area contributed by atoms with Gasteiger partial charge in [-0.3, -0.25) is 0 Å². The van der Waals surface area contributed by atoms with E-state index in [1.165, 1.54) is 19.3 Å². The number of likely N-dealkylation sites (tertiary alicyclic amines) is 1. The molecule has 0 amide bonds. The van der Waals surface area contributed by atoms with Crippen LogP contribution in [0.15, 0.2) is 54.6 Å². The summed E-state index contributed by atoms with van der Waals surface area (Å²) in [5, 5.41) is 11.7. The van der Waals surface area contributed by atoms with Gasteiger partial charge in [-0.05, 0) is 62.0 Å². The van der Waals surface area contributed by atoms with Crippen LogP contribution < -0.4 is 4.74 Å². The summed E-state index contributed by atoms with van der Waals surface area (Å²) in [6.45, 7) is 6.03. The fraction of sp³-hybridized carbons (Fsp3) is 0.478. The first-order valence-corrected chi connectivity index (χ1v) is 9.96. The zero-order chi connectivity index (χ0) is 18.2. The fourth-order valence-electron chi connectivity index (χ4n) is 3.72. The summed E-state index contributed by atoms with van der Waals surface area (Å²) in [6.07, 6.45) is 5.57. The second kappa shape index (κ2) is 9.20. The lowest BCUT2D eigenvalue weighted by molar-refractivity contribution is 0.0545. The third-order valence-corrected chi connectivity index (χ3v) is 5.29. The molecule has 1 saturated heterocycles. The summed E-state index contributed by atoms with van der Waals surface area (Å²) >= 11 is 0. The van der Waals surface area contributed by atoms with Crippen LogP contribution >= 0.6 is 0 Å². The Balaban J connectivity index is 1.80.